The topological polar surface area (TPSA) is 67.9 Å². The maximum Gasteiger partial charge on any atom is 0.318 e. The van der Waals surface area contributed by atoms with Gasteiger partial charge in [0, 0.05) is 17.0 Å². The highest BCUT2D eigenvalue weighted by atomic mass is 19.1. The fraction of sp³-hybridized carbons (Fsp3) is 0.350. The van der Waals surface area contributed by atoms with Crippen LogP contribution in [-0.4, -0.2) is 22.1 Å². The van der Waals surface area contributed by atoms with Crippen molar-refractivity contribution in [3.63, 3.8) is 0 Å². The Morgan fingerprint density at radius 1 is 1.19 bits per heavy atom. The van der Waals surface area contributed by atoms with Crippen LogP contribution in [0.3, 0.4) is 0 Å². The predicted molar refractivity (Wildman–Crippen MR) is 100 cm³/mol. The van der Waals surface area contributed by atoms with E-state index in [0.29, 0.717) is 11.3 Å². The summed E-state index contributed by atoms with van der Waals surface area (Å²) < 4.78 is 18.8. The Morgan fingerprint density at radius 2 is 1.92 bits per heavy atom. The largest absolute Gasteiger partial charge is 0.467 e. The molecule has 5 nitrogen and oxygen atoms in total. The minimum absolute atomic E-state index is 0.161. The molecular weight excluding hydrogens is 333 g/mol. The molecule has 3 aromatic rings. The number of rotatable bonds is 5. The van der Waals surface area contributed by atoms with Gasteiger partial charge in [-0.1, -0.05) is 13.8 Å². The number of H-pyrrole nitrogens is 1. The Morgan fingerprint density at radius 3 is 2.54 bits per heavy atom. The summed E-state index contributed by atoms with van der Waals surface area (Å²) in [6.07, 6.45) is 1.78. The van der Waals surface area contributed by atoms with Crippen molar-refractivity contribution >= 4 is 11.0 Å². The maximum absolute atomic E-state index is 13.6. The van der Waals surface area contributed by atoms with Crippen LogP contribution < -0.4 is 10.3 Å². The van der Waals surface area contributed by atoms with Crippen molar-refractivity contribution in [1.29, 1.82) is 0 Å². The number of benzene rings is 1. The van der Waals surface area contributed by atoms with Gasteiger partial charge in [0.15, 0.2) is 0 Å². The highest BCUT2D eigenvalue weighted by Crippen LogP contribution is 2.35. The van der Waals surface area contributed by atoms with E-state index in [1.807, 2.05) is 6.92 Å². The van der Waals surface area contributed by atoms with Gasteiger partial charge in [0.2, 0.25) is 5.56 Å². The van der Waals surface area contributed by atoms with Gasteiger partial charge in [-0.25, -0.2) is 4.39 Å². The smallest absolute Gasteiger partial charge is 0.318 e. The van der Waals surface area contributed by atoms with Crippen LogP contribution in [0.4, 0.5) is 4.39 Å². The van der Waals surface area contributed by atoms with Crippen LogP contribution in [0.5, 0.6) is 6.01 Å². The minimum atomic E-state index is -0.301. The number of halogens is 1. The van der Waals surface area contributed by atoms with Crippen molar-refractivity contribution in [2.24, 2.45) is 0 Å². The molecule has 0 aliphatic rings. The highest BCUT2D eigenvalue weighted by molar-refractivity contribution is 5.94. The summed E-state index contributed by atoms with van der Waals surface area (Å²) in [5, 5.41) is 0.786. The highest BCUT2D eigenvalue weighted by Gasteiger charge is 2.20. The number of ether oxygens (including phenoxy) is 1. The first kappa shape index (κ1) is 18.0. The number of aromatic nitrogens is 3. The Labute approximate surface area is 151 Å². The first-order chi connectivity index (χ1) is 12.5. The molecule has 0 unspecified atom stereocenters. The average Bonchev–Trinajstić information content (AvgIpc) is 2.61. The molecule has 136 valence electrons. The SMILES string of the molecule is CCC(CC)c1cc(=O)[nH]c2nc(OC)nc(-c3ccc(F)cc3C)c12. The second-order valence-corrected chi connectivity index (χ2v) is 6.34. The van der Waals surface area contributed by atoms with Crippen molar-refractivity contribution in [3.8, 4) is 17.3 Å². The Kier molecular flexibility index (Phi) is 5.02. The standard InChI is InChI=1S/C20H22FN3O2/c1-5-12(6-2)15-10-16(25)22-19-17(15)18(23-20(24-19)26-4)14-8-7-13(21)9-11(14)3/h7-10,12H,5-6H2,1-4H3,(H,22,23,24,25). The molecule has 0 fully saturated rings. The molecule has 1 aromatic carbocycles. The van der Waals surface area contributed by atoms with Crippen molar-refractivity contribution < 1.29 is 9.13 Å². The second kappa shape index (κ2) is 7.23. The monoisotopic (exact) mass is 355 g/mol. The zero-order valence-electron chi connectivity index (χ0n) is 15.4. The number of pyridine rings is 1. The van der Waals surface area contributed by atoms with Gasteiger partial charge in [-0.15, -0.1) is 0 Å². The summed E-state index contributed by atoms with van der Waals surface area (Å²) in [5.74, 6) is -0.0958. The van der Waals surface area contributed by atoms with Crippen LogP contribution >= 0.6 is 0 Å². The number of aromatic amines is 1. The van der Waals surface area contributed by atoms with E-state index in [1.165, 1.54) is 19.2 Å². The molecule has 3 rings (SSSR count). The number of hydrogen-bond donors (Lipinski definition) is 1. The van der Waals surface area contributed by atoms with Gasteiger partial charge in [0.1, 0.15) is 11.5 Å². The van der Waals surface area contributed by atoms with Gasteiger partial charge in [-0.3, -0.25) is 4.79 Å². The van der Waals surface area contributed by atoms with E-state index in [0.717, 1.165) is 34.9 Å². The van der Waals surface area contributed by atoms with Gasteiger partial charge in [0.05, 0.1) is 12.8 Å². The third-order valence-corrected chi connectivity index (χ3v) is 4.76. The lowest BCUT2D eigenvalue weighted by molar-refractivity contribution is 0.382. The molecule has 1 N–H and O–H groups in total. The van der Waals surface area contributed by atoms with Crippen LogP contribution in [0.25, 0.3) is 22.3 Å². The average molecular weight is 355 g/mol. The quantitative estimate of drug-likeness (QED) is 0.739. The molecule has 0 saturated heterocycles. The molecule has 2 heterocycles. The summed E-state index contributed by atoms with van der Waals surface area (Å²) in [5.41, 5.74) is 3.33. The summed E-state index contributed by atoms with van der Waals surface area (Å²) >= 11 is 0. The maximum atomic E-state index is 13.6. The number of fused-ring (bicyclic) bond motifs is 1. The number of methoxy groups -OCH3 is 1. The van der Waals surface area contributed by atoms with Gasteiger partial charge in [0.25, 0.3) is 0 Å². The lowest BCUT2D eigenvalue weighted by Crippen LogP contribution is -2.12. The van der Waals surface area contributed by atoms with E-state index in [1.54, 1.807) is 12.1 Å². The fourth-order valence-electron chi connectivity index (χ4n) is 3.40. The lowest BCUT2D eigenvalue weighted by Gasteiger charge is -2.18. The third kappa shape index (κ3) is 3.19. The number of aryl methyl sites for hydroxylation is 1. The van der Waals surface area contributed by atoms with E-state index in [4.69, 9.17) is 4.74 Å². The third-order valence-electron chi connectivity index (χ3n) is 4.76. The molecule has 0 atom stereocenters. The van der Waals surface area contributed by atoms with Crippen molar-refractivity contribution in [1.82, 2.24) is 15.0 Å². The van der Waals surface area contributed by atoms with E-state index < -0.39 is 0 Å². The van der Waals surface area contributed by atoms with E-state index in [9.17, 15) is 9.18 Å². The summed E-state index contributed by atoms with van der Waals surface area (Å²) in [7, 11) is 1.48. The molecule has 0 bridgehead atoms. The van der Waals surface area contributed by atoms with Crippen LogP contribution in [0.2, 0.25) is 0 Å². The Hall–Kier alpha value is -2.76. The molecule has 26 heavy (non-hydrogen) atoms. The lowest BCUT2D eigenvalue weighted by atomic mass is 9.90. The number of hydrogen-bond acceptors (Lipinski definition) is 4. The van der Waals surface area contributed by atoms with E-state index in [2.05, 4.69) is 28.8 Å². The van der Waals surface area contributed by atoms with Crippen LogP contribution in [0, 0.1) is 12.7 Å². The van der Waals surface area contributed by atoms with E-state index >= 15 is 0 Å². The summed E-state index contributed by atoms with van der Waals surface area (Å²) in [4.78, 5) is 23.9. The first-order valence-corrected chi connectivity index (χ1v) is 8.73. The molecule has 0 saturated carbocycles. The molecular formula is C20H22FN3O2. The van der Waals surface area contributed by atoms with Crippen molar-refractivity contribution in [3.05, 3.63) is 51.6 Å². The second-order valence-electron chi connectivity index (χ2n) is 6.34. The number of nitrogens with zero attached hydrogens (tertiary/aromatic N) is 2. The molecule has 0 amide bonds. The van der Waals surface area contributed by atoms with E-state index in [-0.39, 0.29) is 23.3 Å². The Balaban J connectivity index is 2.45. The molecule has 0 spiro atoms. The van der Waals surface area contributed by atoms with Crippen LogP contribution in [0.15, 0.2) is 29.1 Å². The molecule has 2 aromatic heterocycles. The van der Waals surface area contributed by atoms with Gasteiger partial charge < -0.3 is 9.72 Å². The Bertz CT molecular complexity index is 1010. The van der Waals surface area contributed by atoms with Crippen molar-refractivity contribution in [2.45, 2.75) is 39.5 Å². The van der Waals surface area contributed by atoms with Crippen LogP contribution in [0.1, 0.15) is 43.7 Å². The summed E-state index contributed by atoms with van der Waals surface area (Å²) in [6, 6.07) is 6.36. The van der Waals surface area contributed by atoms with Crippen LogP contribution in [-0.2, 0) is 0 Å². The molecule has 6 heteroatoms. The molecule has 0 aliphatic carbocycles. The molecule has 0 aliphatic heterocycles. The fourth-order valence-corrected chi connectivity index (χ4v) is 3.40. The van der Waals surface area contributed by atoms with Crippen molar-refractivity contribution in [2.75, 3.05) is 7.11 Å². The minimum Gasteiger partial charge on any atom is -0.467 e. The first-order valence-electron chi connectivity index (χ1n) is 8.73. The number of nitrogens with one attached hydrogen (secondary N) is 1. The zero-order valence-corrected chi connectivity index (χ0v) is 15.4. The summed E-state index contributed by atoms with van der Waals surface area (Å²) in [6.45, 7) is 6.02. The zero-order chi connectivity index (χ0) is 18.8. The van der Waals surface area contributed by atoms with Gasteiger partial charge in [-0.2, -0.15) is 9.97 Å². The normalized spacial score (nSPS) is 11.3. The van der Waals surface area contributed by atoms with Gasteiger partial charge >= 0.3 is 6.01 Å². The van der Waals surface area contributed by atoms with Gasteiger partial charge in [-0.05, 0) is 55.0 Å². The molecule has 0 radical (unpaired) electrons. The predicted octanol–water partition coefficient (Wildman–Crippen LogP) is 4.34.